The number of hydrogen-bond acceptors (Lipinski definition) is 5. The highest BCUT2D eigenvalue weighted by Crippen LogP contribution is 2.45. The van der Waals surface area contributed by atoms with Gasteiger partial charge in [-0.3, -0.25) is 0 Å². The Bertz CT molecular complexity index is 4200. The molecule has 0 saturated carbocycles. The van der Waals surface area contributed by atoms with Gasteiger partial charge in [-0.05, 0) is 64.7 Å². The molecule has 0 fully saturated rings. The lowest BCUT2D eigenvalue weighted by atomic mass is 9.93. The number of aliphatic imine (C=N–C) groups is 2. The second kappa shape index (κ2) is 15.7. The Hall–Kier alpha value is -9.26. The number of furan rings is 2. The maximum absolute atomic E-state index is 7.36. The van der Waals surface area contributed by atoms with Crippen LogP contribution in [0, 0.1) is 0 Å². The monoisotopic (exact) mass is 884 g/mol. The van der Waals surface area contributed by atoms with E-state index < -0.39 is 6.17 Å². The van der Waals surface area contributed by atoms with Crippen LogP contribution in [-0.4, -0.2) is 16.2 Å². The van der Waals surface area contributed by atoms with Gasteiger partial charge in [-0.2, -0.15) is 0 Å². The quantitative estimate of drug-likeness (QED) is 0.173. The smallest absolute Gasteiger partial charge is 0.159 e. The number of fused-ring (bicyclic) bond motifs is 9. The average Bonchev–Trinajstić information content (AvgIpc) is 4.10. The highest BCUT2D eigenvalue weighted by molar-refractivity contribution is 6.17. The Morgan fingerprint density at radius 3 is 1.83 bits per heavy atom. The summed E-state index contributed by atoms with van der Waals surface area (Å²) in [4.78, 5) is 10.6. The number of benzene rings is 10. The summed E-state index contributed by atoms with van der Waals surface area (Å²) in [6, 6.07) is 80.9. The largest absolute Gasteiger partial charge is 0.456 e. The number of nitrogens with zero attached hydrogens (tertiary/aromatic N) is 3. The number of nitrogens with one attached hydrogen (secondary N) is 1. The summed E-state index contributed by atoms with van der Waals surface area (Å²) >= 11 is 0. The third-order valence-electron chi connectivity index (χ3n) is 13.7. The molecular weight excluding hydrogens is 845 g/mol. The molecule has 4 heterocycles. The third-order valence-corrected chi connectivity index (χ3v) is 13.7. The van der Waals surface area contributed by atoms with Crippen molar-refractivity contribution in [1.29, 1.82) is 0 Å². The molecule has 69 heavy (non-hydrogen) atoms. The van der Waals surface area contributed by atoms with E-state index >= 15 is 0 Å². The lowest BCUT2D eigenvalue weighted by Crippen LogP contribution is -2.33. The minimum atomic E-state index is -0.521. The Balaban J connectivity index is 0.978. The van der Waals surface area contributed by atoms with E-state index in [1.165, 1.54) is 16.3 Å². The van der Waals surface area contributed by atoms with E-state index in [0.29, 0.717) is 5.84 Å². The van der Waals surface area contributed by atoms with E-state index in [-0.39, 0.29) is 0 Å². The van der Waals surface area contributed by atoms with Gasteiger partial charge < -0.3 is 18.7 Å². The van der Waals surface area contributed by atoms with E-state index in [2.05, 4.69) is 204 Å². The molecule has 1 N–H and O–H groups in total. The topological polar surface area (TPSA) is 68.0 Å². The molecule has 0 aliphatic carbocycles. The van der Waals surface area contributed by atoms with E-state index in [0.717, 1.165) is 111 Å². The third kappa shape index (κ3) is 6.41. The standard InChI is InChI=1S/C63H40N4O2/c1-4-15-39(16-5-1)40-27-29-42(30-28-40)62-64-61(41-17-6-2-7-18-41)65-63(66-62)52-35-34-51-50-24-14-23-46(43-31-33-48-47-21-10-12-25-54(47)67(55(48)38-43)45-19-8-3-9-20-45)59(50)69-60(51)58(52)44-32-36-57-53(37-44)49-22-11-13-26-56(49)68-57/h1-38,63H,(H,64,65,66). The highest BCUT2D eigenvalue weighted by atomic mass is 16.3. The van der Waals surface area contributed by atoms with Crippen LogP contribution in [0.25, 0.3) is 105 Å². The number of rotatable bonds is 7. The van der Waals surface area contributed by atoms with Crippen LogP contribution in [0.5, 0.6) is 0 Å². The molecule has 6 nitrogen and oxygen atoms in total. The average molecular weight is 885 g/mol. The van der Waals surface area contributed by atoms with E-state index in [4.69, 9.17) is 18.8 Å². The zero-order valence-electron chi connectivity index (χ0n) is 37.2. The fraction of sp³-hybridized carbons (Fsp3) is 0.0159. The molecule has 14 rings (SSSR count). The molecule has 0 radical (unpaired) electrons. The fourth-order valence-electron chi connectivity index (χ4n) is 10.4. The zero-order valence-corrected chi connectivity index (χ0v) is 37.2. The van der Waals surface area contributed by atoms with Gasteiger partial charge in [0.15, 0.2) is 5.84 Å². The highest BCUT2D eigenvalue weighted by Gasteiger charge is 2.28. The molecule has 6 heteroatoms. The maximum atomic E-state index is 7.36. The Labute approximate surface area is 396 Å². The Kier molecular flexibility index (Phi) is 8.86. The normalized spacial score (nSPS) is 13.9. The Morgan fingerprint density at radius 1 is 0.391 bits per heavy atom. The van der Waals surface area contributed by atoms with Crippen LogP contribution in [-0.2, 0) is 0 Å². The van der Waals surface area contributed by atoms with E-state index in [1.807, 2.05) is 36.4 Å². The van der Waals surface area contributed by atoms with Crippen LogP contribution < -0.4 is 5.32 Å². The van der Waals surface area contributed by atoms with Crippen LogP contribution in [0.1, 0.15) is 22.9 Å². The summed E-state index contributed by atoms with van der Waals surface area (Å²) in [6.45, 7) is 0. The van der Waals surface area contributed by atoms with Crippen LogP contribution in [0.15, 0.2) is 249 Å². The number of hydrogen-bond donors (Lipinski definition) is 1. The van der Waals surface area contributed by atoms with Crippen molar-refractivity contribution in [3.63, 3.8) is 0 Å². The van der Waals surface area contributed by atoms with Crippen LogP contribution in [0.2, 0.25) is 0 Å². The number of amidine groups is 2. The summed E-state index contributed by atoms with van der Waals surface area (Å²) in [6.07, 6.45) is -0.521. The molecule has 0 saturated heterocycles. The molecule has 324 valence electrons. The van der Waals surface area contributed by atoms with Gasteiger partial charge in [0.1, 0.15) is 34.3 Å². The molecule has 1 unspecified atom stereocenters. The number of aromatic nitrogens is 1. The van der Waals surface area contributed by atoms with Gasteiger partial charge in [-0.15, -0.1) is 0 Å². The van der Waals surface area contributed by atoms with Crippen molar-refractivity contribution in [1.82, 2.24) is 9.88 Å². The van der Waals surface area contributed by atoms with Crippen molar-refractivity contribution in [2.75, 3.05) is 0 Å². The van der Waals surface area contributed by atoms with Gasteiger partial charge in [0, 0.05) is 65.8 Å². The first-order valence-corrected chi connectivity index (χ1v) is 23.3. The zero-order chi connectivity index (χ0) is 45.4. The van der Waals surface area contributed by atoms with E-state index in [1.54, 1.807) is 0 Å². The van der Waals surface area contributed by atoms with Gasteiger partial charge in [0.2, 0.25) is 0 Å². The van der Waals surface area contributed by atoms with Crippen molar-refractivity contribution in [2.45, 2.75) is 6.17 Å². The van der Waals surface area contributed by atoms with Crippen LogP contribution in [0.4, 0.5) is 0 Å². The fourth-order valence-corrected chi connectivity index (χ4v) is 10.4. The molecule has 3 aromatic heterocycles. The van der Waals surface area contributed by atoms with Gasteiger partial charge in [0.25, 0.3) is 0 Å². The van der Waals surface area contributed by atoms with Crippen molar-refractivity contribution < 1.29 is 8.83 Å². The molecule has 1 atom stereocenters. The van der Waals surface area contributed by atoms with Crippen LogP contribution >= 0.6 is 0 Å². The summed E-state index contributed by atoms with van der Waals surface area (Å²) in [5.74, 6) is 1.39. The summed E-state index contributed by atoms with van der Waals surface area (Å²) in [5, 5.41) is 10.4. The lowest BCUT2D eigenvalue weighted by molar-refractivity contribution is 0.658. The second-order valence-corrected chi connectivity index (χ2v) is 17.7. The van der Waals surface area contributed by atoms with Gasteiger partial charge in [-0.1, -0.05) is 188 Å². The molecule has 0 spiro atoms. The first-order chi connectivity index (χ1) is 34.2. The molecule has 0 amide bonds. The van der Waals surface area contributed by atoms with Gasteiger partial charge in [0.05, 0.1) is 11.0 Å². The van der Waals surface area contributed by atoms with Gasteiger partial charge in [-0.25, -0.2) is 9.98 Å². The predicted molar refractivity (Wildman–Crippen MR) is 283 cm³/mol. The molecular formula is C63H40N4O2. The molecule has 13 aromatic rings. The van der Waals surface area contributed by atoms with Crippen molar-refractivity contribution in [3.8, 4) is 39.1 Å². The maximum Gasteiger partial charge on any atom is 0.159 e. The summed E-state index contributed by atoms with van der Waals surface area (Å²) in [5.41, 5.74) is 15.9. The first kappa shape index (κ1) is 39.0. The van der Waals surface area contributed by atoms with Crippen molar-refractivity contribution >= 4 is 77.4 Å². The SMILES string of the molecule is c1ccc(C2=NC(c3ccc4c(oc5c(-c6ccc7c8ccccc8n(-c8ccccc8)c7c6)cccc54)c3-c3ccc4oc5ccccc5c4c3)NC(c3ccc(-c4ccccc4)cc3)=N2)cc1. The molecule has 1 aliphatic rings. The summed E-state index contributed by atoms with van der Waals surface area (Å²) < 4.78 is 16.1. The van der Waals surface area contributed by atoms with Gasteiger partial charge >= 0.3 is 0 Å². The predicted octanol–water partition coefficient (Wildman–Crippen LogP) is 16.1. The lowest BCUT2D eigenvalue weighted by Gasteiger charge is -2.25. The molecule has 10 aromatic carbocycles. The Morgan fingerprint density at radius 2 is 1.00 bits per heavy atom. The van der Waals surface area contributed by atoms with Crippen LogP contribution in [0.3, 0.4) is 0 Å². The van der Waals surface area contributed by atoms with Crippen molar-refractivity contribution in [3.05, 3.63) is 247 Å². The second-order valence-electron chi connectivity index (χ2n) is 17.7. The van der Waals surface area contributed by atoms with E-state index in [9.17, 15) is 0 Å². The minimum Gasteiger partial charge on any atom is -0.456 e. The minimum absolute atomic E-state index is 0.521. The molecule has 0 bridgehead atoms. The first-order valence-electron chi connectivity index (χ1n) is 23.3. The van der Waals surface area contributed by atoms with Crippen molar-refractivity contribution in [2.24, 2.45) is 9.98 Å². The number of para-hydroxylation sites is 4. The summed E-state index contributed by atoms with van der Waals surface area (Å²) in [7, 11) is 0. The molecule has 1 aliphatic heterocycles.